The number of nitrogens with zero attached hydrogens (tertiary/aromatic N) is 1. The summed E-state index contributed by atoms with van der Waals surface area (Å²) in [5.41, 5.74) is 1.20. The molecule has 2 heterocycles. The predicted molar refractivity (Wildman–Crippen MR) is 50.4 cm³/mol. The Kier molecular flexibility index (Phi) is 1.91. The van der Waals surface area contributed by atoms with Crippen LogP contribution in [-0.4, -0.2) is 24.8 Å². The summed E-state index contributed by atoms with van der Waals surface area (Å²) in [6, 6.07) is 2.27. The van der Waals surface area contributed by atoms with Gasteiger partial charge in [-0.15, -0.1) is 0 Å². The van der Waals surface area contributed by atoms with Crippen molar-refractivity contribution in [2.45, 2.75) is 0 Å². The fourth-order valence-electron chi connectivity index (χ4n) is 0.991. The van der Waals surface area contributed by atoms with Crippen LogP contribution < -0.4 is 18.4 Å². The summed E-state index contributed by atoms with van der Waals surface area (Å²) in [4.78, 5) is 15.7. The van der Waals surface area contributed by atoms with Crippen LogP contribution in [0.1, 0.15) is 0 Å². The number of rotatable bonds is 1. The van der Waals surface area contributed by atoms with Crippen LogP contribution in [-0.2, 0) is 0 Å². The van der Waals surface area contributed by atoms with Crippen molar-refractivity contribution in [3.05, 3.63) is 15.3 Å². The van der Waals surface area contributed by atoms with Crippen molar-refractivity contribution in [3.8, 4) is 0 Å². The monoisotopic (exact) mass is 295 g/mol. The maximum absolute atomic E-state index is 4.24. The predicted octanol–water partition coefficient (Wildman–Crippen LogP) is -1.16. The Bertz CT molecular complexity index is 368. The molecule has 2 nitrogen and oxygen atoms in total. The zero-order chi connectivity index (χ0) is 8.77. The van der Waals surface area contributed by atoms with Gasteiger partial charge in [-0.3, -0.25) is 0 Å². The quantitative estimate of drug-likeness (QED) is 0.522. The summed E-state index contributed by atoms with van der Waals surface area (Å²) in [7, 11) is 0. The van der Waals surface area contributed by atoms with Crippen LogP contribution in [0.2, 0.25) is 0 Å². The Hall–Kier alpha value is -0.100. The number of aromatic amines is 1. The molecule has 0 radical (unpaired) electrons. The SMILES string of the molecule is C[I-](C)(C)c1cc2[nH]cnc2s1. The second-order valence-electron chi connectivity index (χ2n) is 3.37. The van der Waals surface area contributed by atoms with Crippen LogP contribution in [0.25, 0.3) is 10.3 Å². The average Bonchev–Trinajstić information content (AvgIpc) is 2.37. The molecule has 0 spiro atoms. The number of alkyl halides is 3. The summed E-state index contributed by atoms with van der Waals surface area (Å²) in [5, 5.41) is 0. The van der Waals surface area contributed by atoms with E-state index in [9.17, 15) is 0 Å². The van der Waals surface area contributed by atoms with Crippen molar-refractivity contribution < 1.29 is 18.4 Å². The van der Waals surface area contributed by atoms with Crippen LogP contribution in [0.4, 0.5) is 0 Å². The molecule has 68 valence electrons. The second kappa shape index (κ2) is 2.70. The van der Waals surface area contributed by atoms with E-state index in [0.29, 0.717) is 0 Å². The molecule has 0 atom stereocenters. The number of thiophene rings is 1. The van der Waals surface area contributed by atoms with Crippen molar-refractivity contribution in [1.29, 1.82) is 0 Å². The Labute approximate surface area is 79.9 Å². The van der Waals surface area contributed by atoms with Gasteiger partial charge in [0, 0.05) is 0 Å². The van der Waals surface area contributed by atoms with Gasteiger partial charge in [0.1, 0.15) is 0 Å². The van der Waals surface area contributed by atoms with Crippen LogP contribution in [0, 0.1) is 2.88 Å². The maximum atomic E-state index is 4.24. The van der Waals surface area contributed by atoms with Gasteiger partial charge in [-0.05, 0) is 0 Å². The average molecular weight is 295 g/mol. The topological polar surface area (TPSA) is 28.7 Å². The van der Waals surface area contributed by atoms with Gasteiger partial charge in [0.05, 0.1) is 0 Å². The zero-order valence-corrected chi connectivity index (χ0v) is 10.4. The molecule has 0 saturated heterocycles. The van der Waals surface area contributed by atoms with Gasteiger partial charge in [-0.2, -0.15) is 0 Å². The molecule has 2 aromatic heterocycles. The summed E-state index contributed by atoms with van der Waals surface area (Å²) >= 11 is 0.323. The third kappa shape index (κ3) is 1.37. The van der Waals surface area contributed by atoms with Crippen molar-refractivity contribution in [1.82, 2.24) is 9.97 Å². The normalized spacial score (nSPS) is 13.9. The fourth-order valence-corrected chi connectivity index (χ4v) is 5.77. The minimum absolute atomic E-state index is 1.16. The van der Waals surface area contributed by atoms with Gasteiger partial charge in [0.25, 0.3) is 0 Å². The molecule has 0 amide bonds. The van der Waals surface area contributed by atoms with Gasteiger partial charge < -0.3 is 0 Å². The summed E-state index contributed by atoms with van der Waals surface area (Å²) in [6.07, 6.45) is 1.76. The van der Waals surface area contributed by atoms with E-state index < -0.39 is 18.4 Å². The standard InChI is InChI=1S/C8H12IN2S/c1-9(2,3)7-4-6-8(12-7)11-5-10-6/h4-5H,1-3H3,(H,10,11)/q-1. The van der Waals surface area contributed by atoms with Crippen molar-refractivity contribution in [2.24, 2.45) is 0 Å². The van der Waals surface area contributed by atoms with Gasteiger partial charge >= 0.3 is 80.2 Å². The van der Waals surface area contributed by atoms with E-state index in [4.69, 9.17) is 0 Å². The molecule has 0 aliphatic carbocycles. The Morgan fingerprint density at radius 1 is 1.42 bits per heavy atom. The molecule has 0 bridgehead atoms. The van der Waals surface area contributed by atoms with Gasteiger partial charge in [0.15, 0.2) is 0 Å². The first-order valence-corrected chi connectivity index (χ1v) is 11.9. The molecular weight excluding hydrogens is 283 g/mol. The number of hydrogen-bond donors (Lipinski definition) is 1. The molecule has 0 aromatic carbocycles. The second-order valence-corrected chi connectivity index (χ2v) is 16.0. The van der Waals surface area contributed by atoms with E-state index in [1.807, 2.05) is 11.3 Å². The van der Waals surface area contributed by atoms with Gasteiger partial charge in [0.2, 0.25) is 0 Å². The molecule has 12 heavy (non-hydrogen) atoms. The van der Waals surface area contributed by atoms with Crippen molar-refractivity contribution in [3.63, 3.8) is 0 Å². The Balaban J connectivity index is 2.59. The fraction of sp³-hybridized carbons (Fsp3) is 0.375. The van der Waals surface area contributed by atoms with E-state index in [-0.39, 0.29) is 0 Å². The summed E-state index contributed by atoms with van der Waals surface area (Å²) in [5.74, 6) is 0. The van der Waals surface area contributed by atoms with E-state index in [2.05, 4.69) is 30.8 Å². The third-order valence-electron chi connectivity index (χ3n) is 1.64. The first kappa shape index (κ1) is 8.50. The molecule has 0 saturated carbocycles. The molecule has 4 heteroatoms. The number of nitrogens with one attached hydrogen (secondary N) is 1. The van der Waals surface area contributed by atoms with E-state index >= 15 is 0 Å². The number of aromatic nitrogens is 2. The molecule has 0 unspecified atom stereocenters. The van der Waals surface area contributed by atoms with Gasteiger partial charge in [-0.25, -0.2) is 0 Å². The summed E-state index contributed by atoms with van der Waals surface area (Å²) < 4.78 is 1.57. The number of fused-ring (bicyclic) bond motifs is 1. The first-order chi connectivity index (χ1) is 5.57. The van der Waals surface area contributed by atoms with Gasteiger partial charge in [-0.1, -0.05) is 0 Å². The first-order valence-electron chi connectivity index (χ1n) is 3.58. The van der Waals surface area contributed by atoms with Crippen LogP contribution in [0.15, 0.2) is 12.4 Å². The minimum atomic E-state index is -1.53. The number of imidazole rings is 1. The van der Waals surface area contributed by atoms with Crippen LogP contribution in [0.3, 0.4) is 0 Å². The van der Waals surface area contributed by atoms with E-state index in [1.54, 1.807) is 9.21 Å². The number of H-pyrrole nitrogens is 1. The molecule has 0 fully saturated rings. The molecule has 2 aromatic rings. The van der Waals surface area contributed by atoms with Crippen molar-refractivity contribution >= 4 is 21.7 Å². The van der Waals surface area contributed by atoms with Crippen LogP contribution >= 0.6 is 11.3 Å². The van der Waals surface area contributed by atoms with E-state index in [1.165, 1.54) is 5.52 Å². The molecule has 1 N–H and O–H groups in total. The molecule has 0 aliphatic heterocycles. The van der Waals surface area contributed by atoms with Crippen molar-refractivity contribution in [2.75, 3.05) is 14.8 Å². The third-order valence-corrected chi connectivity index (χ3v) is 9.74. The number of hydrogen-bond acceptors (Lipinski definition) is 2. The summed E-state index contributed by atoms with van der Waals surface area (Å²) in [6.45, 7) is 0. The molecule has 2 rings (SSSR count). The Morgan fingerprint density at radius 3 is 2.75 bits per heavy atom. The Morgan fingerprint density at radius 2 is 2.17 bits per heavy atom. The molecule has 0 aliphatic rings. The van der Waals surface area contributed by atoms with Crippen LogP contribution in [0.5, 0.6) is 0 Å². The number of halogens is 1. The zero-order valence-electron chi connectivity index (χ0n) is 7.39. The van der Waals surface area contributed by atoms with E-state index in [0.717, 1.165) is 4.83 Å². The molecular formula is C8H12IN2S-.